The maximum absolute atomic E-state index is 14.3. The van der Waals surface area contributed by atoms with Crippen LogP contribution in [0.25, 0.3) is 11.1 Å². The number of hydrogen-bond donors (Lipinski definition) is 1. The Hall–Kier alpha value is -4.53. The Morgan fingerprint density at radius 2 is 1.81 bits per heavy atom. The molecule has 2 aliphatic rings. The minimum absolute atomic E-state index is 0.00901. The Kier molecular flexibility index (Phi) is 11.9. The molecule has 2 aliphatic heterocycles. The highest BCUT2D eigenvalue weighted by Crippen LogP contribution is 2.28. The summed E-state index contributed by atoms with van der Waals surface area (Å²) >= 11 is 0. The topological polar surface area (TPSA) is 142 Å². The molecule has 2 atom stereocenters. The predicted octanol–water partition coefficient (Wildman–Crippen LogP) is 5.15. The molecule has 1 unspecified atom stereocenters. The summed E-state index contributed by atoms with van der Waals surface area (Å²) in [6, 6.07) is 6.99. The molecule has 2 saturated heterocycles. The fourth-order valence-electron chi connectivity index (χ4n) is 6.02. The molecule has 0 aliphatic carbocycles. The van der Waals surface area contributed by atoms with Gasteiger partial charge in [-0.05, 0) is 88.1 Å². The largest absolute Gasteiger partial charge is 0.469 e. The van der Waals surface area contributed by atoms with Crippen molar-refractivity contribution in [3.8, 4) is 17.2 Å². The molecule has 0 saturated carbocycles. The van der Waals surface area contributed by atoms with E-state index in [4.69, 9.17) is 14.7 Å². The number of carbonyl (C=O) groups is 4. The molecule has 47 heavy (non-hydrogen) atoms. The molecular formula is C35H44FN5O6. The molecule has 3 heterocycles. The van der Waals surface area contributed by atoms with E-state index in [1.54, 1.807) is 28.0 Å². The lowest BCUT2D eigenvalue weighted by Gasteiger charge is -2.35. The molecule has 0 bridgehead atoms. The van der Waals surface area contributed by atoms with Crippen molar-refractivity contribution in [2.45, 2.75) is 77.4 Å². The van der Waals surface area contributed by atoms with Crippen molar-refractivity contribution in [3.05, 3.63) is 53.6 Å². The molecule has 2 aromatic rings. The highest BCUT2D eigenvalue weighted by Gasteiger charge is 2.32. The van der Waals surface area contributed by atoms with Crippen LogP contribution in [0.1, 0.15) is 82.9 Å². The van der Waals surface area contributed by atoms with Gasteiger partial charge in [0.25, 0.3) is 0 Å². The van der Waals surface area contributed by atoms with Gasteiger partial charge in [0.1, 0.15) is 17.5 Å². The van der Waals surface area contributed by atoms with E-state index in [0.717, 1.165) is 19.3 Å². The van der Waals surface area contributed by atoms with Gasteiger partial charge in [0, 0.05) is 50.6 Å². The molecule has 12 heteroatoms. The molecule has 252 valence electrons. The summed E-state index contributed by atoms with van der Waals surface area (Å²) < 4.78 is 24.7. The molecular weight excluding hydrogens is 605 g/mol. The number of halogens is 1. The number of aromatic nitrogens is 1. The van der Waals surface area contributed by atoms with Crippen molar-refractivity contribution in [1.29, 1.82) is 5.26 Å². The number of pyridine rings is 1. The van der Waals surface area contributed by atoms with Crippen LogP contribution in [0.5, 0.6) is 0 Å². The predicted molar refractivity (Wildman–Crippen MR) is 171 cm³/mol. The van der Waals surface area contributed by atoms with E-state index < -0.39 is 29.3 Å². The van der Waals surface area contributed by atoms with Crippen LogP contribution in [-0.4, -0.2) is 77.6 Å². The first-order chi connectivity index (χ1) is 22.4. The van der Waals surface area contributed by atoms with Crippen LogP contribution in [0.2, 0.25) is 0 Å². The molecule has 4 rings (SSSR count). The maximum atomic E-state index is 14.3. The summed E-state index contributed by atoms with van der Waals surface area (Å²) in [5.41, 5.74) is 0.971. The van der Waals surface area contributed by atoms with E-state index in [1.165, 1.54) is 31.6 Å². The first-order valence-corrected chi connectivity index (χ1v) is 16.1. The highest BCUT2D eigenvalue weighted by molar-refractivity contribution is 5.82. The first kappa shape index (κ1) is 35.3. The van der Waals surface area contributed by atoms with Gasteiger partial charge in [-0.1, -0.05) is 6.07 Å². The molecule has 3 amide bonds. The number of esters is 1. The van der Waals surface area contributed by atoms with Crippen LogP contribution in [-0.2, 0) is 23.9 Å². The third-order valence-corrected chi connectivity index (χ3v) is 8.68. The first-order valence-electron chi connectivity index (χ1n) is 16.1. The minimum atomic E-state index is -0.761. The number of likely N-dealkylation sites (tertiary alicyclic amines) is 2. The maximum Gasteiger partial charge on any atom is 0.410 e. The van der Waals surface area contributed by atoms with Gasteiger partial charge in [-0.25, -0.2) is 9.18 Å². The van der Waals surface area contributed by atoms with Crippen molar-refractivity contribution < 1.29 is 33.0 Å². The standard InChI is InChI=1S/C35H44FN5O6/c1-35(2,3)47-34(45)40-14-11-23(12-15-40)7-10-31(42)41-13-5-6-26(22-41)33(44)39-30(18-32(43)46-4)28-16-27(20-38-21-28)24-8-9-25(19-37)29(36)17-24/h8-9,16-17,20-21,23,26,30H,5-7,10-15,18,22H2,1-4H3,(H,39,44)/t26-,30?/m1/s1. The van der Waals surface area contributed by atoms with Crippen molar-refractivity contribution in [3.63, 3.8) is 0 Å². The number of ether oxygens (including phenoxy) is 2. The zero-order valence-electron chi connectivity index (χ0n) is 27.6. The van der Waals surface area contributed by atoms with Crippen LogP contribution in [0.4, 0.5) is 9.18 Å². The summed E-state index contributed by atoms with van der Waals surface area (Å²) in [4.78, 5) is 59.1. The number of piperidine rings is 2. The summed E-state index contributed by atoms with van der Waals surface area (Å²) in [6.45, 7) is 7.62. The van der Waals surface area contributed by atoms with E-state index >= 15 is 0 Å². The fraction of sp³-hybridized carbons (Fsp3) is 0.543. The Balaban J connectivity index is 1.34. The average molecular weight is 650 g/mol. The number of methoxy groups -OCH3 is 1. The molecule has 0 spiro atoms. The minimum Gasteiger partial charge on any atom is -0.469 e. The van der Waals surface area contributed by atoms with Crippen LogP contribution in [0, 0.1) is 29.0 Å². The summed E-state index contributed by atoms with van der Waals surface area (Å²) in [6.07, 6.45) is 6.65. The molecule has 2 fully saturated rings. The quantitative estimate of drug-likeness (QED) is 0.368. The normalized spacial score (nSPS) is 17.7. The van der Waals surface area contributed by atoms with E-state index in [9.17, 15) is 23.6 Å². The van der Waals surface area contributed by atoms with Crippen molar-refractivity contribution in [2.24, 2.45) is 11.8 Å². The third-order valence-electron chi connectivity index (χ3n) is 8.68. The van der Waals surface area contributed by atoms with Crippen LogP contribution in [0.15, 0.2) is 36.7 Å². The van der Waals surface area contributed by atoms with E-state index in [-0.39, 0.29) is 36.4 Å². The molecule has 1 aromatic carbocycles. The highest BCUT2D eigenvalue weighted by atomic mass is 19.1. The second kappa shape index (κ2) is 15.8. The monoisotopic (exact) mass is 649 g/mol. The Labute approximate surface area is 275 Å². The van der Waals surface area contributed by atoms with Crippen molar-refractivity contribution in [1.82, 2.24) is 20.1 Å². The van der Waals surface area contributed by atoms with Gasteiger partial charge < -0.3 is 24.6 Å². The molecule has 1 aromatic heterocycles. The smallest absolute Gasteiger partial charge is 0.410 e. The number of nitrogens with one attached hydrogen (secondary N) is 1. The lowest BCUT2D eigenvalue weighted by Crippen LogP contribution is -2.46. The second-order valence-corrected chi connectivity index (χ2v) is 13.3. The van der Waals surface area contributed by atoms with E-state index in [2.05, 4.69) is 10.3 Å². The third kappa shape index (κ3) is 9.98. The van der Waals surface area contributed by atoms with E-state index in [1.807, 2.05) is 20.8 Å². The lowest BCUT2D eigenvalue weighted by atomic mass is 9.91. The summed E-state index contributed by atoms with van der Waals surface area (Å²) in [7, 11) is 1.27. The lowest BCUT2D eigenvalue weighted by molar-refractivity contribution is -0.141. The summed E-state index contributed by atoms with van der Waals surface area (Å²) in [5.74, 6) is -1.56. The number of rotatable bonds is 9. The number of benzene rings is 1. The number of nitrogens with zero attached hydrogens (tertiary/aromatic N) is 4. The number of carbonyl (C=O) groups excluding carboxylic acids is 4. The van der Waals surface area contributed by atoms with Crippen molar-refractivity contribution >= 4 is 23.9 Å². The van der Waals surface area contributed by atoms with Gasteiger partial charge in [0.05, 0.1) is 31.1 Å². The van der Waals surface area contributed by atoms with Crippen LogP contribution >= 0.6 is 0 Å². The van der Waals surface area contributed by atoms with Gasteiger partial charge >= 0.3 is 12.1 Å². The Bertz CT molecular complexity index is 1490. The molecule has 11 nitrogen and oxygen atoms in total. The van der Waals surface area contributed by atoms with Crippen LogP contribution in [0.3, 0.4) is 0 Å². The number of amides is 3. The number of nitriles is 1. The van der Waals surface area contributed by atoms with Crippen molar-refractivity contribution in [2.75, 3.05) is 33.3 Å². The molecule has 1 N–H and O–H groups in total. The van der Waals surface area contributed by atoms with Gasteiger partial charge in [0.2, 0.25) is 11.8 Å². The zero-order valence-corrected chi connectivity index (χ0v) is 27.6. The van der Waals surface area contributed by atoms with Gasteiger partial charge in [-0.3, -0.25) is 19.4 Å². The van der Waals surface area contributed by atoms with Gasteiger partial charge in [0.15, 0.2) is 0 Å². The Morgan fingerprint density at radius 3 is 2.47 bits per heavy atom. The zero-order chi connectivity index (χ0) is 34.1. The van der Waals surface area contributed by atoms with Gasteiger partial charge in [-0.2, -0.15) is 5.26 Å². The number of hydrogen-bond acceptors (Lipinski definition) is 8. The molecule has 0 radical (unpaired) electrons. The summed E-state index contributed by atoms with van der Waals surface area (Å²) in [5, 5.41) is 12.0. The Morgan fingerprint density at radius 1 is 1.06 bits per heavy atom. The fourth-order valence-corrected chi connectivity index (χ4v) is 6.02. The average Bonchev–Trinajstić information content (AvgIpc) is 3.06. The SMILES string of the molecule is COC(=O)CC(NC(=O)[C@@H]1CCCN(C(=O)CCC2CCN(C(=O)OC(C)(C)C)CC2)C1)c1cncc(-c2ccc(C#N)c(F)c2)c1. The van der Waals surface area contributed by atoms with Gasteiger partial charge in [-0.15, -0.1) is 0 Å². The second-order valence-electron chi connectivity index (χ2n) is 13.3. The van der Waals surface area contributed by atoms with Crippen LogP contribution < -0.4 is 5.32 Å². The van der Waals surface area contributed by atoms with E-state index in [0.29, 0.717) is 61.5 Å².